The molecule has 0 bridgehead atoms. The van der Waals surface area contributed by atoms with Crippen LogP contribution in [0.4, 0.5) is 4.79 Å². The molecule has 10 rings (SSSR count). The van der Waals surface area contributed by atoms with Crippen LogP contribution < -0.4 is 0 Å². The van der Waals surface area contributed by atoms with Crippen LogP contribution in [0.1, 0.15) is 135 Å². The number of carbonyl (C=O) groups is 2. The van der Waals surface area contributed by atoms with E-state index in [2.05, 4.69) is 31.3 Å². The van der Waals surface area contributed by atoms with Gasteiger partial charge in [0.2, 0.25) is 0 Å². The van der Waals surface area contributed by atoms with Gasteiger partial charge in [0.05, 0.1) is 40.1 Å². The maximum absolute atomic E-state index is 13.2. The predicted octanol–water partition coefficient (Wildman–Crippen LogP) is 10.7. The molecular weight excluding hydrogens is 853 g/mol. The maximum Gasteiger partial charge on any atom is 0.420 e. The van der Waals surface area contributed by atoms with Gasteiger partial charge in [0, 0.05) is 50.7 Å². The van der Waals surface area contributed by atoms with Crippen molar-refractivity contribution in [1.29, 1.82) is 0 Å². The molecule has 2 aromatic carbocycles. The molecule has 2 aliphatic rings. The zero-order chi connectivity index (χ0) is 45.4. The molecule has 64 heavy (non-hydrogen) atoms. The van der Waals surface area contributed by atoms with E-state index in [1.165, 1.54) is 27.2 Å². The third-order valence-electron chi connectivity index (χ3n) is 11.3. The predicted molar refractivity (Wildman–Crippen MR) is 243 cm³/mol. The van der Waals surface area contributed by atoms with Crippen molar-refractivity contribution in [3.05, 3.63) is 102 Å². The van der Waals surface area contributed by atoms with Crippen molar-refractivity contribution >= 4 is 56.8 Å². The minimum absolute atomic E-state index is 0.164. The molecule has 332 valence electrons. The summed E-state index contributed by atoms with van der Waals surface area (Å²) in [6, 6.07) is 7.65. The monoisotopic (exact) mass is 902 g/mol. The minimum Gasteiger partial charge on any atom is -0.462 e. The number of fused-ring (bicyclic) bond motifs is 2. The number of nitrogens with one attached hydrogen (secondary N) is 1. The molecule has 0 atom stereocenters. The Balaban J connectivity index is 0.000000162. The number of carbonyl (C=O) groups excluding carboxylic acids is 2. The van der Waals surface area contributed by atoms with E-state index < -0.39 is 23.3 Å². The molecule has 15 nitrogen and oxygen atoms in total. The topological polar surface area (TPSA) is 197 Å². The van der Waals surface area contributed by atoms with Gasteiger partial charge >= 0.3 is 12.1 Å². The van der Waals surface area contributed by atoms with Gasteiger partial charge in [-0.2, -0.15) is 0 Å². The highest BCUT2D eigenvalue weighted by Gasteiger charge is 2.43. The van der Waals surface area contributed by atoms with E-state index >= 15 is 0 Å². The van der Waals surface area contributed by atoms with E-state index in [0.29, 0.717) is 60.9 Å². The van der Waals surface area contributed by atoms with Gasteiger partial charge in [-0.25, -0.2) is 34.1 Å². The van der Waals surface area contributed by atoms with Gasteiger partial charge < -0.3 is 28.6 Å². The van der Waals surface area contributed by atoms with E-state index in [1.807, 2.05) is 74.4 Å². The van der Waals surface area contributed by atoms with Crippen LogP contribution in [0.2, 0.25) is 0 Å². The highest BCUT2D eigenvalue weighted by atomic mass is 32.1. The van der Waals surface area contributed by atoms with E-state index in [-0.39, 0.29) is 12.5 Å². The standard InChI is InChI=1S/C24H23N5O2S2.C23H27N3O5/c1-11-9-25-22(32-11)24(30,23-26-10-12(2)33-23)17-7-16(19-13(3)29-31-14(19)4)8-18-20(17)28-21(27-18)15-5-6-15;1-7-29-21(27)16-10-15(18-12(2)25-31-13(18)3)11-17-19(16)24-20(14-8-9-14)26(17)22(28)30-23(4,5)6/h7-10,15,30H,5-6H2,1-4H3,(H,27,28);10-11,14H,7-9H2,1-6H3. The summed E-state index contributed by atoms with van der Waals surface area (Å²) in [7, 11) is 0. The largest absolute Gasteiger partial charge is 0.462 e. The molecule has 0 unspecified atom stereocenters. The molecule has 0 spiro atoms. The Hall–Kier alpha value is -6.04. The van der Waals surface area contributed by atoms with Crippen molar-refractivity contribution in [3.8, 4) is 22.3 Å². The lowest BCUT2D eigenvalue weighted by molar-refractivity contribution is 0.0520. The Morgan fingerprint density at radius 3 is 1.88 bits per heavy atom. The lowest BCUT2D eigenvalue weighted by atomic mass is 9.90. The van der Waals surface area contributed by atoms with Crippen LogP contribution in [0.25, 0.3) is 44.3 Å². The first kappa shape index (κ1) is 43.2. The van der Waals surface area contributed by atoms with Crippen molar-refractivity contribution in [3.63, 3.8) is 0 Å². The number of hydrogen-bond acceptors (Lipinski definition) is 15. The second kappa shape index (κ2) is 16.2. The summed E-state index contributed by atoms with van der Waals surface area (Å²) < 4.78 is 23.3. The fourth-order valence-electron chi connectivity index (χ4n) is 8.08. The third kappa shape index (κ3) is 7.93. The van der Waals surface area contributed by atoms with E-state index in [0.717, 1.165) is 80.4 Å². The van der Waals surface area contributed by atoms with Gasteiger partial charge in [0.25, 0.3) is 0 Å². The van der Waals surface area contributed by atoms with Gasteiger partial charge in [-0.15, -0.1) is 22.7 Å². The number of nitrogens with zero attached hydrogens (tertiary/aromatic N) is 7. The van der Waals surface area contributed by atoms with Crippen molar-refractivity contribution in [2.75, 3.05) is 6.61 Å². The molecule has 0 aliphatic heterocycles. The zero-order valence-corrected chi connectivity index (χ0v) is 39.1. The molecule has 0 amide bonds. The fraction of sp³-hybridized carbons (Fsp3) is 0.404. The number of aryl methyl sites for hydroxylation is 6. The number of esters is 1. The van der Waals surface area contributed by atoms with Crippen LogP contribution in [-0.4, -0.2) is 69.2 Å². The van der Waals surface area contributed by atoms with Crippen LogP contribution in [0.3, 0.4) is 0 Å². The number of thiazole rings is 2. The Bertz CT molecular complexity index is 3020. The molecule has 2 N–H and O–H groups in total. The molecule has 6 aromatic heterocycles. The summed E-state index contributed by atoms with van der Waals surface area (Å²) in [6.45, 7) is 18.9. The molecule has 2 saturated carbocycles. The van der Waals surface area contributed by atoms with Gasteiger partial charge in [-0.05, 0) is 130 Å². The molecule has 17 heteroatoms. The van der Waals surface area contributed by atoms with E-state index in [4.69, 9.17) is 28.5 Å². The number of benzene rings is 2. The molecule has 8 aromatic rings. The molecule has 6 heterocycles. The molecular formula is C47H50N8O7S2. The zero-order valence-electron chi connectivity index (χ0n) is 37.5. The number of ether oxygens (including phenoxy) is 2. The Morgan fingerprint density at radius 2 is 1.39 bits per heavy atom. The summed E-state index contributed by atoms with van der Waals surface area (Å²) in [5.74, 6) is 3.07. The number of rotatable bonds is 9. The average molecular weight is 903 g/mol. The summed E-state index contributed by atoms with van der Waals surface area (Å²) in [6.07, 6.45) is 7.22. The lowest BCUT2D eigenvalue weighted by Crippen LogP contribution is -2.29. The van der Waals surface area contributed by atoms with Crippen LogP contribution in [0.5, 0.6) is 0 Å². The van der Waals surface area contributed by atoms with E-state index in [9.17, 15) is 14.7 Å². The minimum atomic E-state index is -1.53. The lowest BCUT2D eigenvalue weighted by Gasteiger charge is -2.25. The van der Waals surface area contributed by atoms with Crippen molar-refractivity contribution in [2.24, 2.45) is 0 Å². The normalized spacial score (nSPS) is 14.3. The van der Waals surface area contributed by atoms with Crippen LogP contribution in [0.15, 0.2) is 45.7 Å². The number of hydrogen-bond donors (Lipinski definition) is 2. The third-order valence-corrected chi connectivity index (χ3v) is 13.3. The maximum atomic E-state index is 13.2. The molecule has 0 radical (unpaired) electrons. The quantitative estimate of drug-likeness (QED) is 0.130. The number of imidazole rings is 2. The summed E-state index contributed by atoms with van der Waals surface area (Å²) >= 11 is 2.95. The average Bonchev–Trinajstić information content (AvgIpc) is 3.93. The Kier molecular flexibility index (Phi) is 10.9. The van der Waals surface area contributed by atoms with Crippen LogP contribution >= 0.6 is 22.7 Å². The molecule has 2 fully saturated rings. The first-order valence-electron chi connectivity index (χ1n) is 21.4. The number of aromatic amines is 1. The van der Waals surface area contributed by atoms with Crippen molar-refractivity contribution in [2.45, 2.75) is 118 Å². The summed E-state index contributed by atoms with van der Waals surface area (Å²) in [4.78, 5) is 50.5. The SMILES string of the molecule is CCOC(=O)c1cc(-c2c(C)noc2C)cc2c1nc(C1CC1)n2C(=O)OC(C)(C)C.Cc1cnc(C(O)(c2ncc(C)s2)c2cc(-c3c(C)noc3C)cc3[nH]c(C4CC4)nc23)s1. The first-order chi connectivity index (χ1) is 30.4. The Labute approximate surface area is 377 Å². The van der Waals surface area contributed by atoms with Gasteiger partial charge in [0.15, 0.2) is 5.60 Å². The fourth-order valence-corrected chi connectivity index (χ4v) is 9.89. The number of aliphatic hydroxyl groups is 1. The van der Waals surface area contributed by atoms with Crippen molar-refractivity contribution in [1.82, 2.24) is 39.8 Å². The Morgan fingerprint density at radius 1 is 0.812 bits per heavy atom. The van der Waals surface area contributed by atoms with Gasteiger partial charge in [-0.1, -0.05) is 10.3 Å². The summed E-state index contributed by atoms with van der Waals surface area (Å²) in [5, 5.41) is 21.8. The molecule has 0 saturated heterocycles. The highest BCUT2D eigenvalue weighted by Crippen LogP contribution is 2.47. The van der Waals surface area contributed by atoms with Gasteiger partial charge in [0.1, 0.15) is 44.3 Å². The smallest absolute Gasteiger partial charge is 0.420 e. The van der Waals surface area contributed by atoms with Crippen molar-refractivity contribution < 1.29 is 33.2 Å². The summed E-state index contributed by atoms with van der Waals surface area (Å²) in [5.41, 5.74) is 6.16. The van der Waals surface area contributed by atoms with E-state index in [1.54, 1.807) is 25.4 Å². The first-order valence-corrected chi connectivity index (χ1v) is 23.0. The number of aromatic nitrogens is 8. The van der Waals surface area contributed by atoms with Crippen LogP contribution in [0, 0.1) is 41.5 Å². The number of H-pyrrole nitrogens is 1. The van der Waals surface area contributed by atoms with Gasteiger partial charge in [-0.3, -0.25) is 0 Å². The van der Waals surface area contributed by atoms with Crippen LogP contribution in [-0.2, 0) is 15.1 Å². The highest BCUT2D eigenvalue weighted by molar-refractivity contribution is 7.13. The second-order valence-corrected chi connectivity index (χ2v) is 20.1. The second-order valence-electron chi connectivity index (χ2n) is 17.6. The molecule has 2 aliphatic carbocycles.